The Labute approximate surface area is 128 Å². The van der Waals surface area contributed by atoms with Crippen molar-refractivity contribution in [3.63, 3.8) is 0 Å². The zero-order chi connectivity index (χ0) is 15.2. The predicted octanol–water partition coefficient (Wildman–Crippen LogP) is 1.52. The average molecular weight is 320 g/mol. The molecule has 0 aromatic carbocycles. The third-order valence-corrected chi connectivity index (χ3v) is 6.02. The number of sulfonamides is 1. The Morgan fingerprint density at radius 1 is 1.23 bits per heavy atom. The minimum atomic E-state index is -3.50. The van der Waals surface area contributed by atoms with Gasteiger partial charge in [-0.15, -0.1) is 0 Å². The molecular weight excluding hydrogens is 304 g/mol. The Morgan fingerprint density at radius 3 is 2.82 bits per heavy atom. The van der Waals surface area contributed by atoms with Crippen molar-refractivity contribution in [3.8, 4) is 0 Å². The highest BCUT2D eigenvalue weighted by Crippen LogP contribution is 2.39. The highest BCUT2D eigenvalue weighted by atomic mass is 32.2. The third-order valence-electron chi connectivity index (χ3n) is 4.17. The normalized spacial score (nSPS) is 23.0. The monoisotopic (exact) mass is 320 g/mol. The summed E-state index contributed by atoms with van der Waals surface area (Å²) >= 11 is 0. The zero-order valence-corrected chi connectivity index (χ0v) is 12.7. The first-order valence-electron chi connectivity index (χ1n) is 7.38. The molecule has 7 nitrogen and oxygen atoms in total. The summed E-state index contributed by atoms with van der Waals surface area (Å²) in [5, 5.41) is 4.00. The molecule has 0 radical (unpaired) electrons. The van der Waals surface area contributed by atoms with E-state index in [4.69, 9.17) is 4.52 Å². The van der Waals surface area contributed by atoms with Crippen molar-refractivity contribution in [2.45, 2.75) is 36.0 Å². The van der Waals surface area contributed by atoms with Crippen molar-refractivity contribution in [3.05, 3.63) is 36.2 Å². The summed E-state index contributed by atoms with van der Waals surface area (Å²) in [5.74, 6) is 1.75. The first-order chi connectivity index (χ1) is 10.6. The molecule has 4 rings (SSSR count). The summed E-state index contributed by atoms with van der Waals surface area (Å²) < 4.78 is 31.9. The highest BCUT2D eigenvalue weighted by molar-refractivity contribution is 7.89. The van der Waals surface area contributed by atoms with Gasteiger partial charge >= 0.3 is 0 Å². The lowest BCUT2D eigenvalue weighted by molar-refractivity contribution is 0.350. The van der Waals surface area contributed by atoms with Gasteiger partial charge in [0.15, 0.2) is 5.82 Å². The smallest absolute Gasteiger partial charge is 0.244 e. The molecule has 1 saturated heterocycles. The van der Waals surface area contributed by atoms with Crippen molar-refractivity contribution in [1.82, 2.24) is 19.4 Å². The highest BCUT2D eigenvalue weighted by Gasteiger charge is 2.37. The minimum absolute atomic E-state index is 0.0218. The van der Waals surface area contributed by atoms with Gasteiger partial charge in [0.25, 0.3) is 0 Å². The van der Waals surface area contributed by atoms with E-state index in [-0.39, 0.29) is 10.8 Å². The van der Waals surface area contributed by atoms with Crippen LogP contribution in [0.5, 0.6) is 0 Å². The van der Waals surface area contributed by atoms with E-state index in [1.165, 1.54) is 10.5 Å². The molecule has 1 aliphatic heterocycles. The molecule has 1 unspecified atom stereocenters. The molecule has 2 fully saturated rings. The zero-order valence-electron chi connectivity index (χ0n) is 11.9. The second-order valence-electron chi connectivity index (χ2n) is 5.80. The van der Waals surface area contributed by atoms with E-state index in [0.29, 0.717) is 31.3 Å². The van der Waals surface area contributed by atoms with E-state index >= 15 is 0 Å². The van der Waals surface area contributed by atoms with E-state index in [1.807, 2.05) is 0 Å². The minimum Gasteiger partial charge on any atom is -0.339 e. The fraction of sp³-hybridized carbons (Fsp3) is 0.500. The molecule has 1 saturated carbocycles. The van der Waals surface area contributed by atoms with Crippen LogP contribution in [-0.4, -0.2) is 40.9 Å². The summed E-state index contributed by atoms with van der Waals surface area (Å²) in [6.07, 6.45) is 5.87. The molecule has 0 spiro atoms. The van der Waals surface area contributed by atoms with Gasteiger partial charge in [-0.05, 0) is 31.4 Å². The molecule has 22 heavy (non-hydrogen) atoms. The molecule has 3 heterocycles. The van der Waals surface area contributed by atoms with Gasteiger partial charge in [0.05, 0.1) is 5.92 Å². The molecule has 2 aromatic heterocycles. The summed E-state index contributed by atoms with van der Waals surface area (Å²) in [4.78, 5) is 8.54. The van der Waals surface area contributed by atoms with Crippen LogP contribution >= 0.6 is 0 Å². The Balaban J connectivity index is 1.52. The van der Waals surface area contributed by atoms with Gasteiger partial charge in [-0.3, -0.25) is 4.98 Å². The van der Waals surface area contributed by atoms with E-state index in [1.54, 1.807) is 18.3 Å². The summed E-state index contributed by atoms with van der Waals surface area (Å²) in [6, 6.07) is 3.19. The Bertz CT molecular complexity index is 770. The molecule has 1 aliphatic carbocycles. The molecule has 116 valence electrons. The van der Waals surface area contributed by atoms with Crippen molar-refractivity contribution < 1.29 is 12.9 Å². The van der Waals surface area contributed by atoms with Crippen LogP contribution in [0, 0.1) is 0 Å². The van der Waals surface area contributed by atoms with E-state index in [9.17, 15) is 8.42 Å². The lowest BCUT2D eigenvalue weighted by Gasteiger charge is -2.15. The molecular formula is C14H16N4O3S. The Hall–Kier alpha value is -1.80. The largest absolute Gasteiger partial charge is 0.339 e. The Morgan fingerprint density at radius 2 is 2.09 bits per heavy atom. The number of pyridine rings is 1. The Kier molecular flexibility index (Phi) is 3.23. The van der Waals surface area contributed by atoms with Gasteiger partial charge in [0.1, 0.15) is 4.90 Å². The summed E-state index contributed by atoms with van der Waals surface area (Å²) in [6.45, 7) is 0.840. The summed E-state index contributed by atoms with van der Waals surface area (Å²) in [7, 11) is -3.50. The second-order valence-corrected chi connectivity index (χ2v) is 7.74. The van der Waals surface area contributed by atoms with Gasteiger partial charge < -0.3 is 4.52 Å². The fourth-order valence-electron chi connectivity index (χ4n) is 2.72. The first-order valence-corrected chi connectivity index (χ1v) is 8.82. The van der Waals surface area contributed by atoms with Crippen molar-refractivity contribution >= 4 is 10.0 Å². The van der Waals surface area contributed by atoms with Crippen LogP contribution in [0.15, 0.2) is 33.9 Å². The van der Waals surface area contributed by atoms with Crippen LogP contribution < -0.4 is 0 Å². The van der Waals surface area contributed by atoms with Gasteiger partial charge in [-0.2, -0.15) is 9.29 Å². The van der Waals surface area contributed by atoms with E-state index in [2.05, 4.69) is 15.1 Å². The van der Waals surface area contributed by atoms with Gasteiger partial charge in [0, 0.05) is 31.4 Å². The fourth-order valence-corrected chi connectivity index (χ4v) is 4.18. The van der Waals surface area contributed by atoms with Crippen molar-refractivity contribution in [1.29, 1.82) is 0 Å². The van der Waals surface area contributed by atoms with Crippen LogP contribution in [0.25, 0.3) is 0 Å². The number of rotatable bonds is 4. The lowest BCUT2D eigenvalue weighted by atomic mass is 10.1. The van der Waals surface area contributed by atoms with Crippen LogP contribution in [0.3, 0.4) is 0 Å². The molecule has 0 N–H and O–H groups in total. The second kappa shape index (κ2) is 5.13. The predicted molar refractivity (Wildman–Crippen MR) is 76.6 cm³/mol. The van der Waals surface area contributed by atoms with Crippen LogP contribution in [0.2, 0.25) is 0 Å². The quantitative estimate of drug-likeness (QED) is 0.848. The molecule has 2 aliphatic rings. The summed E-state index contributed by atoms with van der Waals surface area (Å²) in [5.41, 5.74) is 0. The SMILES string of the molecule is O=S(=O)(c1cccnc1)N1CCC(c2nc(C3CC3)no2)C1. The molecule has 0 bridgehead atoms. The standard InChI is InChI=1S/C14H16N4O3S/c19-22(20,12-2-1-6-15-8-12)18-7-5-11(9-18)14-16-13(17-21-14)10-3-4-10/h1-2,6,8,10-11H,3-5,7,9H2. The maximum atomic E-state index is 12.6. The van der Waals surface area contributed by atoms with Crippen molar-refractivity contribution in [2.75, 3.05) is 13.1 Å². The molecule has 1 atom stereocenters. The van der Waals surface area contributed by atoms with E-state index in [0.717, 1.165) is 18.7 Å². The van der Waals surface area contributed by atoms with Crippen molar-refractivity contribution in [2.24, 2.45) is 0 Å². The molecule has 0 amide bonds. The maximum Gasteiger partial charge on any atom is 0.244 e. The topological polar surface area (TPSA) is 89.2 Å². The van der Waals surface area contributed by atoms with Gasteiger partial charge in [-0.1, -0.05) is 5.16 Å². The number of nitrogens with zero attached hydrogens (tertiary/aromatic N) is 4. The van der Waals surface area contributed by atoms with Gasteiger partial charge in [-0.25, -0.2) is 8.42 Å². The average Bonchev–Trinajstić information content (AvgIpc) is 3.06. The van der Waals surface area contributed by atoms with E-state index < -0.39 is 10.0 Å². The first kappa shape index (κ1) is 13.8. The van der Waals surface area contributed by atoms with Crippen LogP contribution in [-0.2, 0) is 10.0 Å². The number of aromatic nitrogens is 3. The molecule has 2 aromatic rings. The molecule has 8 heteroatoms. The van der Waals surface area contributed by atoms with Crippen LogP contribution in [0.4, 0.5) is 0 Å². The van der Waals surface area contributed by atoms with Crippen LogP contribution in [0.1, 0.15) is 42.8 Å². The lowest BCUT2D eigenvalue weighted by Crippen LogP contribution is -2.28. The third kappa shape index (κ3) is 2.42. The van der Waals surface area contributed by atoms with Gasteiger partial charge in [0.2, 0.25) is 15.9 Å². The maximum absolute atomic E-state index is 12.6. The number of hydrogen-bond acceptors (Lipinski definition) is 6. The number of hydrogen-bond donors (Lipinski definition) is 0.